The van der Waals surface area contributed by atoms with E-state index in [1.807, 2.05) is 0 Å². The topological polar surface area (TPSA) is 149 Å². The number of rotatable bonds is 5. The van der Waals surface area contributed by atoms with Gasteiger partial charge in [-0.15, -0.1) is 0 Å². The number of allylic oxidation sites excluding steroid dienone is 3. The maximum atomic E-state index is 13.7. The first-order valence-electron chi connectivity index (χ1n) is 8.12. The molecular formula is C18H10F6O8. The highest BCUT2D eigenvalue weighted by molar-refractivity contribution is 6.13. The van der Waals surface area contributed by atoms with Crippen LogP contribution in [0.4, 0.5) is 26.3 Å². The second-order valence-corrected chi connectivity index (χ2v) is 6.51. The Kier molecular flexibility index (Phi) is 5.87. The van der Waals surface area contributed by atoms with E-state index in [2.05, 4.69) is 0 Å². The van der Waals surface area contributed by atoms with E-state index in [0.29, 0.717) is 6.07 Å². The summed E-state index contributed by atoms with van der Waals surface area (Å²) in [6.45, 7) is 0. The predicted molar refractivity (Wildman–Crippen MR) is 89.4 cm³/mol. The number of hydrogen-bond donors (Lipinski definition) is 4. The Labute approximate surface area is 172 Å². The van der Waals surface area contributed by atoms with E-state index in [0.717, 1.165) is 0 Å². The lowest BCUT2D eigenvalue weighted by atomic mass is 9.68. The van der Waals surface area contributed by atoms with Gasteiger partial charge in [0.05, 0.1) is 16.7 Å². The fourth-order valence-electron chi connectivity index (χ4n) is 3.17. The molecule has 14 heteroatoms. The highest BCUT2D eigenvalue weighted by Gasteiger charge is 2.58. The molecule has 8 nitrogen and oxygen atoms in total. The summed E-state index contributed by atoms with van der Waals surface area (Å²) in [6, 6.07) is 0.812. The molecule has 0 aromatic heterocycles. The van der Waals surface area contributed by atoms with Gasteiger partial charge in [0.25, 0.3) is 0 Å². The number of halogens is 6. The molecule has 0 heterocycles. The number of carbonyl (C=O) groups is 4. The summed E-state index contributed by atoms with van der Waals surface area (Å²) in [5.41, 5.74) is -13.0. The molecule has 0 aliphatic heterocycles. The van der Waals surface area contributed by atoms with Gasteiger partial charge in [0, 0.05) is 12.0 Å². The van der Waals surface area contributed by atoms with Crippen LogP contribution in [-0.2, 0) is 20.6 Å². The Morgan fingerprint density at radius 3 is 1.72 bits per heavy atom. The quantitative estimate of drug-likeness (QED) is 0.380. The molecule has 32 heavy (non-hydrogen) atoms. The van der Waals surface area contributed by atoms with Crippen LogP contribution in [0.5, 0.6) is 0 Å². The van der Waals surface area contributed by atoms with Crippen molar-refractivity contribution in [3.05, 3.63) is 52.1 Å². The second kappa shape index (κ2) is 7.69. The molecular weight excluding hydrogens is 458 g/mol. The number of hydrogen-bond acceptors (Lipinski definition) is 4. The average molecular weight is 468 g/mol. The number of alkyl halides is 6. The zero-order valence-corrected chi connectivity index (χ0v) is 15.2. The molecule has 1 aliphatic carbocycles. The predicted octanol–water partition coefficient (Wildman–Crippen LogP) is 3.29. The summed E-state index contributed by atoms with van der Waals surface area (Å²) in [6.07, 6.45) is -13.1. The number of benzene rings is 1. The summed E-state index contributed by atoms with van der Waals surface area (Å²) >= 11 is 0. The summed E-state index contributed by atoms with van der Waals surface area (Å²) in [5.74, 6) is -9.11. The summed E-state index contributed by atoms with van der Waals surface area (Å²) < 4.78 is 81.6. The SMILES string of the molecule is O=C(O)C1=CC(c2cc(C(=O)O)ccc2C(F)(F)F)=C(C(F)(F)F)CC1(C(=O)O)C(=O)O. The minimum absolute atomic E-state index is 0.132. The summed E-state index contributed by atoms with van der Waals surface area (Å²) in [4.78, 5) is 45.9. The minimum Gasteiger partial charge on any atom is -0.480 e. The zero-order valence-electron chi connectivity index (χ0n) is 15.2. The van der Waals surface area contributed by atoms with E-state index in [4.69, 9.17) is 5.11 Å². The Morgan fingerprint density at radius 1 is 0.812 bits per heavy atom. The van der Waals surface area contributed by atoms with E-state index in [1.165, 1.54) is 0 Å². The molecule has 0 atom stereocenters. The third-order valence-electron chi connectivity index (χ3n) is 4.68. The number of aromatic carboxylic acids is 1. The van der Waals surface area contributed by atoms with Gasteiger partial charge >= 0.3 is 36.2 Å². The van der Waals surface area contributed by atoms with Crippen LogP contribution in [0.1, 0.15) is 27.9 Å². The van der Waals surface area contributed by atoms with Crippen LogP contribution >= 0.6 is 0 Å². The van der Waals surface area contributed by atoms with E-state index in [1.54, 1.807) is 0 Å². The van der Waals surface area contributed by atoms with Crippen molar-refractivity contribution in [3.63, 3.8) is 0 Å². The number of aliphatic carboxylic acids is 3. The Bertz CT molecular complexity index is 1080. The van der Waals surface area contributed by atoms with Gasteiger partial charge in [-0.3, -0.25) is 9.59 Å². The van der Waals surface area contributed by atoms with Crippen LogP contribution in [0.2, 0.25) is 0 Å². The van der Waals surface area contributed by atoms with Gasteiger partial charge in [0.1, 0.15) is 0 Å². The third-order valence-corrected chi connectivity index (χ3v) is 4.68. The second-order valence-electron chi connectivity index (χ2n) is 6.51. The molecule has 2 rings (SSSR count). The first-order valence-corrected chi connectivity index (χ1v) is 8.12. The van der Waals surface area contributed by atoms with Crippen molar-refractivity contribution >= 4 is 29.5 Å². The van der Waals surface area contributed by atoms with Crippen molar-refractivity contribution in [2.75, 3.05) is 0 Å². The minimum atomic E-state index is -5.60. The fraction of sp³-hybridized carbons (Fsp3) is 0.222. The molecule has 172 valence electrons. The van der Waals surface area contributed by atoms with Crippen molar-refractivity contribution in [1.82, 2.24) is 0 Å². The first-order chi connectivity index (χ1) is 14.4. The Balaban J connectivity index is 3.08. The fourth-order valence-corrected chi connectivity index (χ4v) is 3.17. The smallest absolute Gasteiger partial charge is 0.417 e. The molecule has 0 fully saturated rings. The molecule has 4 N–H and O–H groups in total. The lowest BCUT2D eigenvalue weighted by Crippen LogP contribution is -2.46. The van der Waals surface area contributed by atoms with Crippen LogP contribution < -0.4 is 0 Å². The summed E-state index contributed by atoms with van der Waals surface area (Å²) in [5, 5.41) is 36.9. The van der Waals surface area contributed by atoms with Crippen molar-refractivity contribution in [2.24, 2.45) is 5.41 Å². The number of carboxylic acids is 4. The molecule has 0 unspecified atom stereocenters. The maximum absolute atomic E-state index is 13.7. The number of carboxylic acid groups (broad SMARTS) is 4. The van der Waals surface area contributed by atoms with Gasteiger partial charge in [-0.1, -0.05) is 0 Å². The molecule has 0 saturated carbocycles. The van der Waals surface area contributed by atoms with E-state index < -0.39 is 81.5 Å². The van der Waals surface area contributed by atoms with E-state index in [-0.39, 0.29) is 18.2 Å². The zero-order chi connectivity index (χ0) is 24.8. The van der Waals surface area contributed by atoms with Crippen LogP contribution in [-0.4, -0.2) is 50.5 Å². The molecule has 0 spiro atoms. The van der Waals surface area contributed by atoms with Gasteiger partial charge in [-0.25, -0.2) is 9.59 Å². The molecule has 0 radical (unpaired) electrons. The van der Waals surface area contributed by atoms with Crippen LogP contribution in [0, 0.1) is 5.41 Å². The standard InChI is InChI=1S/C18H10F6O8/c19-17(20,21)9-2-1-6(12(25)26)3-7(9)8-4-10(13(27)28)16(14(29)30,15(31)32)5-11(8)18(22,23)24/h1-4H,5H2,(H,25,26)(H,27,28)(H,29,30)(H,31,32). The molecule has 1 aliphatic rings. The normalized spacial score (nSPS) is 16.4. The molecule has 1 aromatic carbocycles. The monoisotopic (exact) mass is 468 g/mol. The van der Waals surface area contributed by atoms with Gasteiger partial charge in [0.15, 0.2) is 0 Å². The van der Waals surface area contributed by atoms with Gasteiger partial charge < -0.3 is 20.4 Å². The van der Waals surface area contributed by atoms with Gasteiger partial charge in [-0.2, -0.15) is 26.3 Å². The summed E-state index contributed by atoms with van der Waals surface area (Å²) in [7, 11) is 0. The van der Waals surface area contributed by atoms with Crippen molar-refractivity contribution in [3.8, 4) is 0 Å². The molecule has 0 saturated heterocycles. The maximum Gasteiger partial charge on any atom is 0.417 e. The molecule has 0 bridgehead atoms. The van der Waals surface area contributed by atoms with E-state index >= 15 is 0 Å². The molecule has 1 aromatic rings. The van der Waals surface area contributed by atoms with Crippen LogP contribution in [0.25, 0.3) is 5.57 Å². The lowest BCUT2D eigenvalue weighted by molar-refractivity contribution is -0.165. The van der Waals surface area contributed by atoms with Crippen molar-refractivity contribution in [1.29, 1.82) is 0 Å². The Hall–Kier alpha value is -3.84. The lowest BCUT2D eigenvalue weighted by Gasteiger charge is -2.33. The van der Waals surface area contributed by atoms with Crippen LogP contribution in [0.3, 0.4) is 0 Å². The first kappa shape index (κ1) is 24.4. The molecule has 0 amide bonds. The average Bonchev–Trinajstić information content (AvgIpc) is 2.64. The van der Waals surface area contributed by atoms with Gasteiger partial charge in [-0.05, 0) is 35.4 Å². The van der Waals surface area contributed by atoms with Crippen LogP contribution in [0.15, 0.2) is 35.4 Å². The third kappa shape index (κ3) is 4.02. The van der Waals surface area contributed by atoms with E-state index in [9.17, 15) is 60.8 Å². The largest absolute Gasteiger partial charge is 0.480 e. The highest BCUT2D eigenvalue weighted by atomic mass is 19.4. The van der Waals surface area contributed by atoms with Crippen molar-refractivity contribution in [2.45, 2.75) is 18.8 Å². The van der Waals surface area contributed by atoms with Crippen molar-refractivity contribution < 1.29 is 65.9 Å². The Morgan fingerprint density at radius 2 is 1.34 bits per heavy atom. The highest BCUT2D eigenvalue weighted by Crippen LogP contribution is 2.50. The van der Waals surface area contributed by atoms with Gasteiger partial charge in [0.2, 0.25) is 5.41 Å².